The van der Waals surface area contributed by atoms with Crippen molar-refractivity contribution >= 4 is 12.3 Å². The maximum Gasteiger partial charge on any atom is 0.373 e. The fraction of sp³-hybridized carbons (Fsp3) is 0.286. The predicted octanol–water partition coefficient (Wildman–Crippen LogP) is 1.98. The number of benzene rings is 1. The monoisotopic (exact) mass is 280 g/mol. The summed E-state index contributed by atoms with van der Waals surface area (Å²) in [5.41, 5.74) is 0.188. The molecule has 0 aliphatic carbocycles. The first-order valence-corrected chi connectivity index (χ1v) is 6.02. The minimum atomic E-state index is -0.777. The summed E-state index contributed by atoms with van der Waals surface area (Å²) >= 11 is 0. The molecule has 1 aromatic carbocycles. The Labute approximate surface area is 116 Å². The third-order valence-electron chi connectivity index (χ3n) is 2.40. The summed E-state index contributed by atoms with van der Waals surface area (Å²) in [4.78, 5) is 21.6. The molecule has 0 spiro atoms. The van der Waals surface area contributed by atoms with Crippen LogP contribution >= 0.6 is 0 Å². The summed E-state index contributed by atoms with van der Waals surface area (Å²) in [6.45, 7) is 1.90. The van der Waals surface area contributed by atoms with Crippen molar-refractivity contribution in [1.82, 2.24) is 0 Å². The average Bonchev–Trinajstić information content (AvgIpc) is 2.46. The van der Waals surface area contributed by atoms with Crippen molar-refractivity contribution in [2.45, 2.75) is 13.3 Å². The topological polar surface area (TPSA) is 93.1 Å². The van der Waals surface area contributed by atoms with Crippen molar-refractivity contribution in [1.29, 1.82) is 0 Å². The number of aliphatic hydroxyl groups is 1. The Morgan fingerprint density at radius 2 is 2.10 bits per heavy atom. The van der Waals surface area contributed by atoms with Gasteiger partial charge >= 0.3 is 5.97 Å². The molecule has 0 saturated carbocycles. The van der Waals surface area contributed by atoms with Gasteiger partial charge in [0.25, 0.3) is 0 Å². The zero-order valence-electron chi connectivity index (χ0n) is 11.0. The lowest BCUT2D eigenvalue weighted by Crippen LogP contribution is -2.10. The van der Waals surface area contributed by atoms with Crippen molar-refractivity contribution in [3.05, 3.63) is 35.6 Å². The van der Waals surface area contributed by atoms with Crippen LogP contribution in [0.25, 0.3) is 0 Å². The Kier molecular flexibility index (Phi) is 6.09. The normalized spacial score (nSPS) is 10.9. The Hall–Kier alpha value is -2.50. The van der Waals surface area contributed by atoms with E-state index < -0.39 is 11.7 Å². The molecule has 0 amide bonds. The van der Waals surface area contributed by atoms with Crippen molar-refractivity contribution in [2.24, 2.45) is 0 Å². The zero-order chi connectivity index (χ0) is 15.0. The van der Waals surface area contributed by atoms with Crippen LogP contribution in [0.1, 0.15) is 23.7 Å². The number of aromatic hydroxyl groups is 1. The number of carbonyl (C=O) groups excluding carboxylic acids is 2. The average molecular weight is 280 g/mol. The smallest absolute Gasteiger partial charge is 0.373 e. The lowest BCUT2D eigenvalue weighted by atomic mass is 10.2. The van der Waals surface area contributed by atoms with Crippen LogP contribution in [0.15, 0.2) is 30.0 Å². The summed E-state index contributed by atoms with van der Waals surface area (Å²) in [5, 5.41) is 18.5. The van der Waals surface area contributed by atoms with Crippen LogP contribution in [0.2, 0.25) is 0 Å². The van der Waals surface area contributed by atoms with Crippen LogP contribution in [0.4, 0.5) is 0 Å². The van der Waals surface area contributed by atoms with E-state index >= 15 is 0 Å². The second-order valence-electron chi connectivity index (χ2n) is 3.85. The quantitative estimate of drug-likeness (QED) is 0.261. The van der Waals surface area contributed by atoms with E-state index in [2.05, 4.69) is 0 Å². The number of ether oxygens (including phenoxy) is 2. The van der Waals surface area contributed by atoms with Crippen molar-refractivity contribution in [3.8, 4) is 11.5 Å². The van der Waals surface area contributed by atoms with Crippen LogP contribution < -0.4 is 4.74 Å². The van der Waals surface area contributed by atoms with E-state index in [4.69, 9.17) is 14.6 Å². The van der Waals surface area contributed by atoms with E-state index in [1.165, 1.54) is 25.1 Å². The number of allylic oxidation sites excluding steroid dienone is 1. The molecule has 20 heavy (non-hydrogen) atoms. The van der Waals surface area contributed by atoms with Gasteiger partial charge in [0.1, 0.15) is 11.5 Å². The molecule has 0 bridgehead atoms. The van der Waals surface area contributed by atoms with Gasteiger partial charge in [-0.2, -0.15) is 0 Å². The highest BCUT2D eigenvalue weighted by Gasteiger charge is 2.07. The predicted molar refractivity (Wildman–Crippen MR) is 71.0 cm³/mol. The van der Waals surface area contributed by atoms with Crippen LogP contribution in [-0.2, 0) is 9.53 Å². The Morgan fingerprint density at radius 3 is 2.70 bits per heavy atom. The number of esters is 1. The summed E-state index contributed by atoms with van der Waals surface area (Å²) in [6.07, 6.45) is 2.22. The maximum atomic E-state index is 11.1. The molecular formula is C14H16O6. The van der Waals surface area contributed by atoms with Crippen LogP contribution in [-0.4, -0.2) is 35.7 Å². The van der Waals surface area contributed by atoms with Crippen LogP contribution in [0, 0.1) is 0 Å². The Balaban J connectivity index is 2.30. The zero-order valence-corrected chi connectivity index (χ0v) is 11.0. The fourth-order valence-corrected chi connectivity index (χ4v) is 1.32. The highest BCUT2D eigenvalue weighted by molar-refractivity contribution is 5.85. The molecule has 0 aliphatic rings. The Bertz CT molecular complexity index is 506. The molecule has 108 valence electrons. The SMILES string of the molecule is CC=C(O)C(=O)OCCCOc1ccc(C=O)c(O)c1. The third-order valence-corrected chi connectivity index (χ3v) is 2.40. The number of hydrogen-bond donors (Lipinski definition) is 2. The molecule has 1 rings (SSSR count). The lowest BCUT2D eigenvalue weighted by molar-refractivity contribution is -0.142. The number of aliphatic hydroxyl groups excluding tert-OH is 1. The van der Waals surface area contributed by atoms with Gasteiger partial charge in [-0.05, 0) is 25.1 Å². The van der Waals surface area contributed by atoms with Crippen LogP contribution in [0.5, 0.6) is 11.5 Å². The summed E-state index contributed by atoms with van der Waals surface area (Å²) in [6, 6.07) is 4.34. The van der Waals surface area contributed by atoms with Gasteiger partial charge in [0.05, 0.1) is 18.8 Å². The molecule has 0 atom stereocenters. The fourth-order valence-electron chi connectivity index (χ4n) is 1.32. The van der Waals surface area contributed by atoms with Gasteiger partial charge in [-0.3, -0.25) is 4.79 Å². The van der Waals surface area contributed by atoms with E-state index in [9.17, 15) is 14.7 Å². The molecule has 0 heterocycles. The lowest BCUT2D eigenvalue weighted by Gasteiger charge is -2.07. The second-order valence-corrected chi connectivity index (χ2v) is 3.85. The van der Waals surface area contributed by atoms with E-state index in [0.29, 0.717) is 18.5 Å². The molecule has 0 aromatic heterocycles. The molecule has 0 saturated heterocycles. The van der Waals surface area contributed by atoms with E-state index in [0.717, 1.165) is 0 Å². The highest BCUT2D eigenvalue weighted by Crippen LogP contribution is 2.22. The van der Waals surface area contributed by atoms with E-state index in [-0.39, 0.29) is 24.5 Å². The summed E-state index contributed by atoms with van der Waals surface area (Å²) < 4.78 is 10.1. The molecule has 6 nitrogen and oxygen atoms in total. The van der Waals surface area contributed by atoms with Gasteiger partial charge in [-0.25, -0.2) is 4.79 Å². The minimum absolute atomic E-state index is 0.106. The number of hydrogen-bond acceptors (Lipinski definition) is 6. The number of phenols is 1. The van der Waals surface area contributed by atoms with E-state index in [1.54, 1.807) is 6.07 Å². The largest absolute Gasteiger partial charge is 0.507 e. The molecule has 0 radical (unpaired) electrons. The first-order valence-electron chi connectivity index (χ1n) is 6.02. The number of aldehydes is 1. The van der Waals surface area contributed by atoms with Gasteiger partial charge in [0.15, 0.2) is 12.0 Å². The van der Waals surface area contributed by atoms with Gasteiger partial charge in [-0.15, -0.1) is 0 Å². The molecule has 6 heteroatoms. The molecule has 1 aromatic rings. The second kappa shape index (κ2) is 7.83. The van der Waals surface area contributed by atoms with Crippen molar-refractivity contribution < 1.29 is 29.3 Å². The maximum absolute atomic E-state index is 11.1. The molecular weight excluding hydrogens is 264 g/mol. The first kappa shape index (κ1) is 15.6. The summed E-state index contributed by atoms with van der Waals surface area (Å²) in [5.74, 6) is -0.946. The standard InChI is InChI=1S/C14H16O6/c1-2-12(16)14(18)20-7-3-6-19-11-5-4-10(9-15)13(17)8-11/h2,4-5,8-9,16-17H,3,6-7H2,1H3. The first-order chi connectivity index (χ1) is 9.58. The van der Waals surface area contributed by atoms with Crippen molar-refractivity contribution in [3.63, 3.8) is 0 Å². The van der Waals surface area contributed by atoms with Gasteiger partial charge < -0.3 is 19.7 Å². The number of carbonyl (C=O) groups is 2. The Morgan fingerprint density at radius 1 is 1.35 bits per heavy atom. The van der Waals surface area contributed by atoms with Crippen molar-refractivity contribution in [2.75, 3.05) is 13.2 Å². The third kappa shape index (κ3) is 4.64. The van der Waals surface area contributed by atoms with Gasteiger partial charge in [-0.1, -0.05) is 0 Å². The van der Waals surface area contributed by atoms with Crippen LogP contribution in [0.3, 0.4) is 0 Å². The van der Waals surface area contributed by atoms with Gasteiger partial charge in [0, 0.05) is 12.5 Å². The minimum Gasteiger partial charge on any atom is -0.507 e. The number of phenolic OH excluding ortho intramolecular Hbond substituents is 1. The van der Waals surface area contributed by atoms with Gasteiger partial charge in [0.2, 0.25) is 0 Å². The number of rotatable bonds is 7. The molecule has 0 unspecified atom stereocenters. The van der Waals surface area contributed by atoms with E-state index in [1.807, 2.05) is 0 Å². The molecule has 0 fully saturated rings. The highest BCUT2D eigenvalue weighted by atomic mass is 16.5. The molecule has 0 aliphatic heterocycles. The molecule has 2 N–H and O–H groups in total. The summed E-state index contributed by atoms with van der Waals surface area (Å²) in [7, 11) is 0.